The van der Waals surface area contributed by atoms with Crippen molar-refractivity contribution in [3.63, 3.8) is 0 Å². The van der Waals surface area contributed by atoms with Crippen molar-refractivity contribution < 1.29 is 13.2 Å². The summed E-state index contributed by atoms with van der Waals surface area (Å²) < 4.78 is 27.3. The number of piperidine rings is 1. The maximum atomic E-state index is 12.0. The van der Waals surface area contributed by atoms with E-state index >= 15 is 0 Å². The van der Waals surface area contributed by atoms with Crippen molar-refractivity contribution in [1.82, 2.24) is 19.0 Å². The molecular formula is C12H19N5O3S. The number of carbonyl (C=O) groups is 1. The maximum absolute atomic E-state index is 12.0. The summed E-state index contributed by atoms with van der Waals surface area (Å²) in [7, 11) is -3.81. The van der Waals surface area contributed by atoms with Gasteiger partial charge >= 0.3 is 16.2 Å². The molecule has 0 bridgehead atoms. The molecule has 21 heavy (non-hydrogen) atoms. The molecule has 0 atom stereocenters. The predicted molar refractivity (Wildman–Crippen MR) is 78.0 cm³/mol. The second-order valence-corrected chi connectivity index (χ2v) is 6.67. The highest BCUT2D eigenvalue weighted by Crippen LogP contribution is 2.12. The Hall–Kier alpha value is -1.74. The van der Waals surface area contributed by atoms with Crippen molar-refractivity contribution >= 4 is 22.2 Å². The highest BCUT2D eigenvalue weighted by molar-refractivity contribution is 7.87. The lowest BCUT2D eigenvalue weighted by atomic mass is 10.2. The lowest BCUT2D eigenvalue weighted by Gasteiger charge is -2.25. The van der Waals surface area contributed by atoms with E-state index in [9.17, 15) is 13.2 Å². The van der Waals surface area contributed by atoms with E-state index in [1.165, 1.54) is 4.31 Å². The van der Waals surface area contributed by atoms with Crippen molar-refractivity contribution in [3.05, 3.63) is 17.5 Å². The van der Waals surface area contributed by atoms with E-state index in [-0.39, 0.29) is 5.95 Å². The van der Waals surface area contributed by atoms with E-state index in [4.69, 9.17) is 0 Å². The summed E-state index contributed by atoms with van der Waals surface area (Å²) in [6, 6.07) is 0.902. The average molecular weight is 313 g/mol. The van der Waals surface area contributed by atoms with E-state index in [1.807, 2.05) is 4.72 Å². The number of anilines is 1. The molecule has 2 N–H and O–H groups in total. The fourth-order valence-corrected chi connectivity index (χ4v) is 3.35. The van der Waals surface area contributed by atoms with Gasteiger partial charge in [-0.05, 0) is 32.8 Å². The van der Waals surface area contributed by atoms with E-state index in [2.05, 4.69) is 15.3 Å². The van der Waals surface area contributed by atoms with Crippen LogP contribution < -0.4 is 10.0 Å². The van der Waals surface area contributed by atoms with Crippen LogP contribution >= 0.6 is 0 Å². The molecule has 1 aromatic rings. The second-order valence-electron chi connectivity index (χ2n) is 5.00. The van der Waals surface area contributed by atoms with E-state index in [0.717, 1.165) is 19.3 Å². The molecule has 1 aromatic heterocycles. The first-order valence-electron chi connectivity index (χ1n) is 6.78. The number of aryl methyl sites for hydroxylation is 2. The molecule has 2 heterocycles. The highest BCUT2D eigenvalue weighted by Gasteiger charge is 2.25. The molecule has 2 rings (SSSR count). The van der Waals surface area contributed by atoms with Gasteiger partial charge in [0.15, 0.2) is 0 Å². The normalized spacial score (nSPS) is 16.5. The van der Waals surface area contributed by atoms with Crippen LogP contribution in [0.1, 0.15) is 30.7 Å². The molecule has 9 heteroatoms. The number of hydrogen-bond donors (Lipinski definition) is 2. The summed E-state index contributed by atoms with van der Waals surface area (Å²) in [6.45, 7) is 4.40. The molecule has 0 saturated carbocycles. The molecule has 1 fully saturated rings. The Bertz CT molecular complexity index is 606. The monoisotopic (exact) mass is 313 g/mol. The number of carbonyl (C=O) groups excluding carboxylic acids is 1. The van der Waals surface area contributed by atoms with E-state index < -0.39 is 16.2 Å². The summed E-state index contributed by atoms with van der Waals surface area (Å²) in [5.41, 5.74) is 1.38. The third kappa shape index (κ3) is 4.36. The predicted octanol–water partition coefficient (Wildman–Crippen LogP) is 0.946. The van der Waals surface area contributed by atoms with Crippen LogP contribution in [-0.2, 0) is 10.2 Å². The van der Waals surface area contributed by atoms with Gasteiger partial charge in [-0.1, -0.05) is 6.42 Å². The van der Waals surface area contributed by atoms with Gasteiger partial charge in [0.25, 0.3) is 0 Å². The third-order valence-electron chi connectivity index (χ3n) is 3.08. The first-order chi connectivity index (χ1) is 9.87. The van der Waals surface area contributed by atoms with Crippen LogP contribution in [0.2, 0.25) is 0 Å². The van der Waals surface area contributed by atoms with Crippen LogP contribution in [0.4, 0.5) is 10.7 Å². The molecule has 0 unspecified atom stereocenters. The van der Waals surface area contributed by atoms with Gasteiger partial charge in [0.2, 0.25) is 5.95 Å². The molecule has 0 radical (unpaired) electrons. The Morgan fingerprint density at radius 3 is 2.29 bits per heavy atom. The maximum Gasteiger partial charge on any atom is 0.336 e. The largest absolute Gasteiger partial charge is 0.336 e. The van der Waals surface area contributed by atoms with Crippen molar-refractivity contribution in [2.45, 2.75) is 33.1 Å². The van der Waals surface area contributed by atoms with Gasteiger partial charge in [-0.15, -0.1) is 0 Å². The third-order valence-corrected chi connectivity index (χ3v) is 4.57. The van der Waals surface area contributed by atoms with Gasteiger partial charge in [0.05, 0.1) is 0 Å². The summed E-state index contributed by atoms with van der Waals surface area (Å²) in [6.07, 6.45) is 2.63. The van der Waals surface area contributed by atoms with Crippen LogP contribution in [0.5, 0.6) is 0 Å². The number of urea groups is 1. The van der Waals surface area contributed by atoms with Crippen LogP contribution in [0.25, 0.3) is 0 Å². The Morgan fingerprint density at radius 2 is 1.71 bits per heavy atom. The molecule has 2 amide bonds. The molecule has 0 aromatic carbocycles. The van der Waals surface area contributed by atoms with Gasteiger partial charge in [-0.3, -0.25) is 5.32 Å². The fourth-order valence-electron chi connectivity index (χ4n) is 2.20. The molecule has 116 valence electrons. The number of rotatable bonds is 3. The Balaban J connectivity index is 2.00. The highest BCUT2D eigenvalue weighted by atomic mass is 32.2. The number of amides is 2. The van der Waals surface area contributed by atoms with Crippen LogP contribution in [-0.4, -0.2) is 41.8 Å². The summed E-state index contributed by atoms with van der Waals surface area (Å²) in [5, 5.41) is 2.34. The van der Waals surface area contributed by atoms with Crippen molar-refractivity contribution in [2.24, 2.45) is 0 Å². The fraction of sp³-hybridized carbons (Fsp3) is 0.583. The number of aromatic nitrogens is 2. The lowest BCUT2D eigenvalue weighted by Crippen LogP contribution is -2.47. The standard InChI is InChI=1S/C12H19N5O3S/c1-9-8-10(2)14-11(13-9)15-12(18)16-21(19,20)17-6-4-3-5-7-17/h8H,3-7H2,1-2H3,(H2,13,14,15,16,18). The van der Waals surface area contributed by atoms with Crippen LogP contribution in [0, 0.1) is 13.8 Å². The zero-order valence-electron chi connectivity index (χ0n) is 12.1. The Labute approximate surface area is 124 Å². The Kier molecular flexibility index (Phi) is 4.73. The minimum atomic E-state index is -3.81. The number of nitrogens with one attached hydrogen (secondary N) is 2. The van der Waals surface area contributed by atoms with E-state index in [0.29, 0.717) is 24.5 Å². The summed E-state index contributed by atoms with van der Waals surface area (Å²) >= 11 is 0. The molecule has 8 nitrogen and oxygen atoms in total. The van der Waals surface area contributed by atoms with Gasteiger partial charge in [0, 0.05) is 24.5 Å². The van der Waals surface area contributed by atoms with Crippen LogP contribution in [0.15, 0.2) is 6.07 Å². The van der Waals surface area contributed by atoms with E-state index in [1.54, 1.807) is 19.9 Å². The average Bonchev–Trinajstić information content (AvgIpc) is 2.37. The van der Waals surface area contributed by atoms with Gasteiger partial charge in [-0.2, -0.15) is 12.7 Å². The van der Waals surface area contributed by atoms with Crippen LogP contribution in [0.3, 0.4) is 0 Å². The second kappa shape index (κ2) is 6.35. The topological polar surface area (TPSA) is 104 Å². The lowest BCUT2D eigenvalue weighted by molar-refractivity contribution is 0.255. The minimum absolute atomic E-state index is 0.0823. The molecular weight excluding hydrogens is 294 g/mol. The molecule has 1 saturated heterocycles. The molecule has 0 spiro atoms. The zero-order chi connectivity index (χ0) is 15.5. The summed E-state index contributed by atoms with van der Waals surface area (Å²) in [5.74, 6) is 0.0823. The smallest absolute Gasteiger partial charge is 0.275 e. The number of nitrogens with zero attached hydrogens (tertiary/aromatic N) is 3. The Morgan fingerprint density at radius 1 is 1.14 bits per heavy atom. The molecule has 0 aliphatic carbocycles. The SMILES string of the molecule is Cc1cc(C)nc(NC(=O)NS(=O)(=O)N2CCCCC2)n1. The quantitative estimate of drug-likeness (QED) is 0.864. The summed E-state index contributed by atoms with van der Waals surface area (Å²) in [4.78, 5) is 19.8. The van der Waals surface area contributed by atoms with Gasteiger partial charge in [-0.25, -0.2) is 19.5 Å². The van der Waals surface area contributed by atoms with Crippen molar-refractivity contribution in [1.29, 1.82) is 0 Å². The van der Waals surface area contributed by atoms with Gasteiger partial charge in [0.1, 0.15) is 0 Å². The first-order valence-corrected chi connectivity index (χ1v) is 8.22. The molecule has 1 aliphatic heterocycles. The minimum Gasteiger partial charge on any atom is -0.275 e. The zero-order valence-corrected chi connectivity index (χ0v) is 12.9. The molecule has 1 aliphatic rings. The van der Waals surface area contributed by atoms with Crippen molar-refractivity contribution in [2.75, 3.05) is 18.4 Å². The van der Waals surface area contributed by atoms with Gasteiger partial charge < -0.3 is 0 Å². The first kappa shape index (κ1) is 15.6. The number of hydrogen-bond acceptors (Lipinski definition) is 5. The van der Waals surface area contributed by atoms with Crippen molar-refractivity contribution in [3.8, 4) is 0 Å².